The Labute approximate surface area is 130 Å². The van der Waals surface area contributed by atoms with Gasteiger partial charge in [0.1, 0.15) is 4.33 Å². The molecule has 3 heteroatoms. The van der Waals surface area contributed by atoms with Crippen molar-refractivity contribution >= 4 is 23.2 Å². The summed E-state index contributed by atoms with van der Waals surface area (Å²) >= 11 is 12.5. The van der Waals surface area contributed by atoms with Crippen LogP contribution in [0.15, 0.2) is 48.2 Å². The van der Waals surface area contributed by atoms with Gasteiger partial charge < -0.3 is 4.90 Å². The molecule has 1 aromatic rings. The fourth-order valence-corrected chi connectivity index (χ4v) is 3.65. The van der Waals surface area contributed by atoms with Crippen LogP contribution in [-0.2, 0) is 6.42 Å². The lowest BCUT2D eigenvalue weighted by Gasteiger charge is -2.38. The van der Waals surface area contributed by atoms with Gasteiger partial charge in [-0.05, 0) is 42.5 Å². The van der Waals surface area contributed by atoms with Gasteiger partial charge in [0.2, 0.25) is 0 Å². The quantitative estimate of drug-likeness (QED) is 0.694. The average molecular weight is 308 g/mol. The van der Waals surface area contributed by atoms with Gasteiger partial charge in [0, 0.05) is 19.2 Å². The molecule has 0 aromatic heterocycles. The summed E-state index contributed by atoms with van der Waals surface area (Å²) in [5.74, 6) is 0. The zero-order valence-electron chi connectivity index (χ0n) is 11.7. The van der Waals surface area contributed by atoms with Gasteiger partial charge in [-0.25, -0.2) is 0 Å². The Balaban J connectivity index is 1.87. The monoisotopic (exact) mass is 307 g/mol. The Hall–Kier alpha value is -0.920. The number of aryl methyl sites for hydroxylation is 1. The fraction of sp³-hybridized carbons (Fsp3) is 0.412. The normalized spacial score (nSPS) is 23.9. The molecular formula is C17H19Cl2N. The second-order valence-corrected chi connectivity index (χ2v) is 7.22. The van der Waals surface area contributed by atoms with E-state index in [-0.39, 0.29) is 0 Å². The Kier molecular flexibility index (Phi) is 3.83. The van der Waals surface area contributed by atoms with E-state index in [9.17, 15) is 0 Å². The number of allylic oxidation sites excluding steroid dienone is 4. The van der Waals surface area contributed by atoms with Crippen LogP contribution in [-0.4, -0.2) is 16.3 Å². The first-order chi connectivity index (χ1) is 9.57. The lowest BCUT2D eigenvalue weighted by Crippen LogP contribution is -2.30. The maximum atomic E-state index is 6.26. The van der Waals surface area contributed by atoms with E-state index in [0.29, 0.717) is 12.5 Å². The molecule has 0 aliphatic heterocycles. The predicted octanol–water partition coefficient (Wildman–Crippen LogP) is 5.01. The number of rotatable bonds is 2. The Morgan fingerprint density at radius 1 is 1.25 bits per heavy atom. The highest BCUT2D eigenvalue weighted by molar-refractivity contribution is 6.50. The van der Waals surface area contributed by atoms with Crippen LogP contribution >= 0.6 is 23.2 Å². The van der Waals surface area contributed by atoms with Crippen molar-refractivity contribution in [2.45, 2.75) is 36.1 Å². The molecule has 20 heavy (non-hydrogen) atoms. The van der Waals surface area contributed by atoms with E-state index in [4.69, 9.17) is 23.2 Å². The van der Waals surface area contributed by atoms with E-state index in [2.05, 4.69) is 42.3 Å². The second-order valence-electron chi connectivity index (χ2n) is 5.67. The molecule has 0 saturated heterocycles. The summed E-state index contributed by atoms with van der Waals surface area (Å²) in [6.07, 6.45) is 10.2. The van der Waals surface area contributed by atoms with Gasteiger partial charge in [0.15, 0.2) is 0 Å². The zero-order chi connectivity index (χ0) is 14.2. The molecule has 1 aromatic carbocycles. The second kappa shape index (κ2) is 5.46. The first-order valence-electron chi connectivity index (χ1n) is 7.14. The summed E-state index contributed by atoms with van der Waals surface area (Å²) in [7, 11) is 2.15. The van der Waals surface area contributed by atoms with Gasteiger partial charge >= 0.3 is 0 Å². The lowest BCUT2D eigenvalue weighted by molar-refractivity contribution is 0.267. The number of nitrogens with zero attached hydrogens (tertiary/aromatic N) is 1. The van der Waals surface area contributed by atoms with E-state index < -0.39 is 4.33 Å². The number of halogens is 2. The first kappa shape index (κ1) is 14.0. The summed E-state index contributed by atoms with van der Waals surface area (Å²) in [6, 6.07) is 9.20. The molecule has 1 atom stereocenters. The Morgan fingerprint density at radius 2 is 2.05 bits per heavy atom. The molecule has 0 heterocycles. The minimum atomic E-state index is -0.771. The largest absolute Gasteiger partial charge is 0.371 e. The van der Waals surface area contributed by atoms with Crippen LogP contribution in [0.5, 0.6) is 0 Å². The van der Waals surface area contributed by atoms with Gasteiger partial charge in [-0.3, -0.25) is 0 Å². The molecule has 0 unspecified atom stereocenters. The van der Waals surface area contributed by atoms with Crippen LogP contribution in [0, 0.1) is 0 Å². The molecule has 0 spiro atoms. The van der Waals surface area contributed by atoms with E-state index in [0.717, 1.165) is 0 Å². The molecule has 1 nitrogen and oxygen atoms in total. The summed E-state index contributed by atoms with van der Waals surface area (Å²) < 4.78 is -0.771. The Morgan fingerprint density at radius 3 is 2.85 bits per heavy atom. The molecule has 2 aliphatic rings. The average Bonchev–Trinajstić information content (AvgIpc) is 2.45. The van der Waals surface area contributed by atoms with Crippen LogP contribution in [0.4, 0.5) is 0 Å². The summed E-state index contributed by atoms with van der Waals surface area (Å²) in [4.78, 5) is 2.35. The molecule has 0 saturated carbocycles. The van der Waals surface area contributed by atoms with Crippen molar-refractivity contribution in [3.05, 3.63) is 59.3 Å². The third kappa shape index (κ3) is 2.75. The van der Waals surface area contributed by atoms with Gasteiger partial charge in [-0.15, -0.1) is 0 Å². The van der Waals surface area contributed by atoms with Crippen molar-refractivity contribution in [3.63, 3.8) is 0 Å². The highest BCUT2D eigenvalue weighted by Crippen LogP contribution is 2.40. The van der Waals surface area contributed by atoms with Crippen molar-refractivity contribution in [2.75, 3.05) is 7.05 Å². The lowest BCUT2D eigenvalue weighted by atomic mass is 9.86. The number of hydrogen-bond donors (Lipinski definition) is 0. The Bertz CT molecular complexity index is 560. The van der Waals surface area contributed by atoms with Crippen LogP contribution in [0.3, 0.4) is 0 Å². The van der Waals surface area contributed by atoms with E-state index >= 15 is 0 Å². The fourth-order valence-electron chi connectivity index (χ4n) is 3.23. The van der Waals surface area contributed by atoms with Gasteiger partial charge in [-0.2, -0.15) is 0 Å². The summed E-state index contributed by atoms with van der Waals surface area (Å²) in [5.41, 5.74) is 4.14. The highest BCUT2D eigenvalue weighted by Gasteiger charge is 2.30. The predicted molar refractivity (Wildman–Crippen MR) is 86.2 cm³/mol. The van der Waals surface area contributed by atoms with E-state index in [1.165, 1.54) is 36.1 Å². The molecule has 0 fully saturated rings. The summed E-state index contributed by atoms with van der Waals surface area (Å²) in [5, 5.41) is 0. The highest BCUT2D eigenvalue weighted by atomic mass is 35.5. The van der Waals surface area contributed by atoms with Crippen LogP contribution in [0.25, 0.3) is 0 Å². The van der Waals surface area contributed by atoms with Crippen molar-refractivity contribution in [3.8, 4) is 0 Å². The molecular weight excluding hydrogens is 289 g/mol. The van der Waals surface area contributed by atoms with Crippen molar-refractivity contribution in [2.24, 2.45) is 0 Å². The molecule has 3 rings (SSSR count). The molecule has 0 N–H and O–H groups in total. The van der Waals surface area contributed by atoms with Gasteiger partial charge in [0.25, 0.3) is 0 Å². The number of alkyl halides is 2. The zero-order valence-corrected chi connectivity index (χ0v) is 13.2. The van der Waals surface area contributed by atoms with Crippen molar-refractivity contribution in [1.29, 1.82) is 0 Å². The third-order valence-electron chi connectivity index (χ3n) is 4.30. The number of benzene rings is 1. The first-order valence-corrected chi connectivity index (χ1v) is 7.89. The minimum absolute atomic E-state index is 0.432. The van der Waals surface area contributed by atoms with Crippen LogP contribution < -0.4 is 0 Å². The maximum absolute atomic E-state index is 6.26. The molecule has 106 valence electrons. The van der Waals surface area contributed by atoms with Crippen LogP contribution in [0.1, 0.15) is 36.4 Å². The third-order valence-corrected chi connectivity index (χ3v) is 4.82. The number of fused-ring (bicyclic) bond motifs is 1. The molecule has 0 bridgehead atoms. The molecule has 0 radical (unpaired) electrons. The topological polar surface area (TPSA) is 3.24 Å². The molecule has 0 amide bonds. The van der Waals surface area contributed by atoms with Crippen LogP contribution in [0.2, 0.25) is 0 Å². The number of hydrogen-bond acceptors (Lipinski definition) is 1. The van der Waals surface area contributed by atoms with Crippen molar-refractivity contribution < 1.29 is 0 Å². The SMILES string of the molecule is CN(C1=CC=CC(Cl)(Cl)C1)[C@H]1CCCc2ccccc21. The molecule has 2 aliphatic carbocycles. The van der Waals surface area contributed by atoms with Crippen molar-refractivity contribution in [1.82, 2.24) is 4.90 Å². The smallest absolute Gasteiger partial charge is 0.142 e. The minimum Gasteiger partial charge on any atom is -0.371 e. The summed E-state index contributed by atoms with van der Waals surface area (Å²) in [6.45, 7) is 0. The van der Waals surface area contributed by atoms with E-state index in [1.54, 1.807) is 0 Å². The van der Waals surface area contributed by atoms with Gasteiger partial charge in [-0.1, -0.05) is 53.5 Å². The van der Waals surface area contributed by atoms with E-state index in [1.807, 2.05) is 12.2 Å². The standard InChI is InChI=1S/C17H19Cl2N/c1-20(14-8-5-11-17(18,19)12-14)16-10-4-7-13-6-2-3-9-15(13)16/h2-3,5-6,8-9,11,16H,4,7,10,12H2,1H3/t16-/m0/s1. The maximum Gasteiger partial charge on any atom is 0.142 e. The van der Waals surface area contributed by atoms with Gasteiger partial charge in [0.05, 0.1) is 6.04 Å².